The fourth-order valence-electron chi connectivity index (χ4n) is 1.44. The second kappa shape index (κ2) is 6.32. The van der Waals surface area contributed by atoms with E-state index < -0.39 is 0 Å². The molecule has 0 spiro atoms. The molecule has 1 heterocycles. The van der Waals surface area contributed by atoms with E-state index in [9.17, 15) is 0 Å². The minimum Gasteiger partial charge on any atom is -0.373 e. The highest BCUT2D eigenvalue weighted by Gasteiger charge is 2.06. The van der Waals surface area contributed by atoms with E-state index >= 15 is 0 Å². The first kappa shape index (κ1) is 14.2. The number of thioether (sulfide) groups is 1. The smallest absolute Gasteiger partial charge is 0.191 e. The zero-order valence-electron chi connectivity index (χ0n) is 10.4. The number of hydrogen-bond donors (Lipinski definition) is 2. The number of rotatable bonds is 4. The third kappa shape index (κ3) is 3.65. The number of hydrogen-bond acceptors (Lipinski definition) is 5. The van der Waals surface area contributed by atoms with Crippen LogP contribution in [0.25, 0.3) is 0 Å². The second-order valence-corrected chi connectivity index (χ2v) is 5.24. The Morgan fingerprint density at radius 1 is 1.11 bits per heavy atom. The van der Waals surface area contributed by atoms with E-state index in [4.69, 9.17) is 23.2 Å². The van der Waals surface area contributed by atoms with Gasteiger partial charge >= 0.3 is 0 Å². The van der Waals surface area contributed by atoms with Crippen molar-refractivity contribution in [3.63, 3.8) is 0 Å². The highest BCUT2D eigenvalue weighted by atomic mass is 35.5. The summed E-state index contributed by atoms with van der Waals surface area (Å²) in [4.78, 5) is 8.66. The van der Waals surface area contributed by atoms with Gasteiger partial charge in [-0.3, -0.25) is 0 Å². The Kier molecular flexibility index (Phi) is 4.74. The van der Waals surface area contributed by atoms with Crippen LogP contribution in [0.15, 0.2) is 29.4 Å². The molecule has 0 aliphatic rings. The maximum atomic E-state index is 6.12. The number of benzene rings is 1. The Balaban J connectivity index is 2.31. The lowest BCUT2D eigenvalue weighted by Gasteiger charge is -2.10. The van der Waals surface area contributed by atoms with E-state index in [0.717, 1.165) is 11.5 Å². The first-order valence-electron chi connectivity index (χ1n) is 5.45. The van der Waals surface area contributed by atoms with Gasteiger partial charge in [-0.1, -0.05) is 35.0 Å². The largest absolute Gasteiger partial charge is 0.373 e. The summed E-state index contributed by atoms with van der Waals surface area (Å²) in [7, 11) is 1.81. The molecule has 0 bridgehead atoms. The molecule has 19 heavy (non-hydrogen) atoms. The van der Waals surface area contributed by atoms with Gasteiger partial charge in [0.1, 0.15) is 11.6 Å². The van der Waals surface area contributed by atoms with E-state index in [1.165, 1.54) is 11.8 Å². The predicted molar refractivity (Wildman–Crippen MR) is 83.1 cm³/mol. The molecule has 0 radical (unpaired) electrons. The van der Waals surface area contributed by atoms with Crippen LogP contribution in [-0.4, -0.2) is 23.3 Å². The molecule has 0 aliphatic heterocycles. The standard InChI is InChI=1S/C12H12Cl2N4S/c1-15-10-6-11(18-12(17-10)19-2)16-9-4-3-7(13)5-8(9)14/h3-6H,1-2H3,(H2,15,16,17,18). The molecule has 0 fully saturated rings. The minimum atomic E-state index is 0.544. The summed E-state index contributed by atoms with van der Waals surface area (Å²) in [5.41, 5.74) is 0.749. The topological polar surface area (TPSA) is 49.8 Å². The van der Waals surface area contributed by atoms with Crippen LogP contribution in [-0.2, 0) is 0 Å². The van der Waals surface area contributed by atoms with Crippen molar-refractivity contribution in [2.24, 2.45) is 0 Å². The van der Waals surface area contributed by atoms with E-state index in [2.05, 4.69) is 20.6 Å². The third-order valence-corrected chi connectivity index (χ3v) is 3.43. The van der Waals surface area contributed by atoms with E-state index in [1.807, 2.05) is 25.4 Å². The predicted octanol–water partition coefficient (Wildman–Crippen LogP) is 4.29. The van der Waals surface area contributed by atoms with E-state index in [0.29, 0.717) is 21.0 Å². The van der Waals surface area contributed by atoms with Gasteiger partial charge < -0.3 is 10.6 Å². The van der Waals surface area contributed by atoms with Gasteiger partial charge in [-0.2, -0.15) is 0 Å². The summed E-state index contributed by atoms with van der Waals surface area (Å²) in [6.07, 6.45) is 1.92. The Labute approximate surface area is 125 Å². The van der Waals surface area contributed by atoms with Crippen molar-refractivity contribution in [3.05, 3.63) is 34.3 Å². The molecule has 0 unspecified atom stereocenters. The zero-order valence-corrected chi connectivity index (χ0v) is 12.7. The Bertz CT molecular complexity index is 570. The molecule has 100 valence electrons. The SMILES string of the molecule is CNc1cc(Nc2ccc(Cl)cc2Cl)nc(SC)n1. The van der Waals surface area contributed by atoms with Gasteiger partial charge in [0.2, 0.25) is 0 Å². The fraction of sp³-hybridized carbons (Fsp3) is 0.167. The van der Waals surface area contributed by atoms with Crippen molar-refractivity contribution in [1.29, 1.82) is 0 Å². The number of anilines is 3. The number of nitrogens with one attached hydrogen (secondary N) is 2. The molecule has 1 aromatic heterocycles. The maximum absolute atomic E-state index is 6.12. The Morgan fingerprint density at radius 2 is 1.84 bits per heavy atom. The maximum Gasteiger partial charge on any atom is 0.191 e. The molecular formula is C12H12Cl2N4S. The van der Waals surface area contributed by atoms with Crippen LogP contribution < -0.4 is 10.6 Å². The van der Waals surface area contributed by atoms with Crippen molar-refractivity contribution in [2.45, 2.75) is 5.16 Å². The number of halogens is 2. The van der Waals surface area contributed by atoms with Crippen molar-refractivity contribution in [3.8, 4) is 0 Å². The summed E-state index contributed by atoms with van der Waals surface area (Å²) in [5.74, 6) is 1.42. The minimum absolute atomic E-state index is 0.544. The molecule has 0 aliphatic carbocycles. The van der Waals surface area contributed by atoms with Gasteiger partial charge in [0.15, 0.2) is 5.16 Å². The summed E-state index contributed by atoms with van der Waals surface area (Å²) >= 11 is 13.5. The second-order valence-electron chi connectivity index (χ2n) is 3.62. The van der Waals surface area contributed by atoms with Crippen LogP contribution in [0.1, 0.15) is 0 Å². The van der Waals surface area contributed by atoms with Gasteiger partial charge in [-0.15, -0.1) is 0 Å². The summed E-state index contributed by atoms with van der Waals surface area (Å²) < 4.78 is 0. The molecule has 1 aromatic carbocycles. The molecule has 2 rings (SSSR count). The highest BCUT2D eigenvalue weighted by Crippen LogP contribution is 2.28. The van der Waals surface area contributed by atoms with Gasteiger partial charge in [0.25, 0.3) is 0 Å². The van der Waals surface area contributed by atoms with Crippen LogP contribution in [0.5, 0.6) is 0 Å². The monoisotopic (exact) mass is 314 g/mol. The van der Waals surface area contributed by atoms with Crippen molar-refractivity contribution in [2.75, 3.05) is 23.9 Å². The summed E-state index contributed by atoms with van der Waals surface area (Å²) in [6, 6.07) is 7.07. The summed E-state index contributed by atoms with van der Waals surface area (Å²) in [6.45, 7) is 0. The zero-order chi connectivity index (χ0) is 13.8. The van der Waals surface area contributed by atoms with Crippen LogP contribution in [0.2, 0.25) is 10.0 Å². The first-order valence-corrected chi connectivity index (χ1v) is 7.43. The third-order valence-electron chi connectivity index (χ3n) is 2.34. The molecule has 2 aromatic rings. The Hall–Kier alpha value is -1.17. The van der Waals surface area contributed by atoms with Crippen LogP contribution >= 0.6 is 35.0 Å². The van der Waals surface area contributed by atoms with Gasteiger partial charge in [0, 0.05) is 18.1 Å². The van der Waals surface area contributed by atoms with Crippen molar-refractivity contribution in [1.82, 2.24) is 9.97 Å². The number of aromatic nitrogens is 2. The average molecular weight is 315 g/mol. The molecule has 0 saturated heterocycles. The molecule has 0 amide bonds. The molecular weight excluding hydrogens is 303 g/mol. The molecule has 7 heteroatoms. The normalized spacial score (nSPS) is 10.3. The van der Waals surface area contributed by atoms with Crippen LogP contribution in [0.3, 0.4) is 0 Å². The van der Waals surface area contributed by atoms with Crippen LogP contribution in [0.4, 0.5) is 17.3 Å². The molecule has 4 nitrogen and oxygen atoms in total. The van der Waals surface area contributed by atoms with Crippen molar-refractivity contribution >= 4 is 52.3 Å². The average Bonchev–Trinajstić information content (AvgIpc) is 2.41. The summed E-state index contributed by atoms with van der Waals surface area (Å²) in [5, 5.41) is 7.97. The van der Waals surface area contributed by atoms with E-state index in [1.54, 1.807) is 12.1 Å². The number of nitrogens with zero attached hydrogens (tertiary/aromatic N) is 2. The molecule has 0 saturated carbocycles. The lowest BCUT2D eigenvalue weighted by molar-refractivity contribution is 0.977. The van der Waals surface area contributed by atoms with Gasteiger partial charge in [-0.05, 0) is 24.5 Å². The van der Waals surface area contributed by atoms with Gasteiger partial charge in [0.05, 0.1) is 10.7 Å². The first-order chi connectivity index (χ1) is 9.12. The quantitative estimate of drug-likeness (QED) is 0.651. The molecule has 0 atom stereocenters. The molecule has 2 N–H and O–H groups in total. The Morgan fingerprint density at radius 3 is 2.47 bits per heavy atom. The van der Waals surface area contributed by atoms with Gasteiger partial charge in [-0.25, -0.2) is 9.97 Å². The van der Waals surface area contributed by atoms with E-state index in [-0.39, 0.29) is 0 Å². The van der Waals surface area contributed by atoms with Crippen LogP contribution in [0, 0.1) is 0 Å². The lowest BCUT2D eigenvalue weighted by Crippen LogP contribution is -2.00. The lowest BCUT2D eigenvalue weighted by atomic mass is 10.3. The van der Waals surface area contributed by atoms with Crippen molar-refractivity contribution < 1.29 is 0 Å². The highest BCUT2D eigenvalue weighted by molar-refractivity contribution is 7.98. The fourth-order valence-corrected chi connectivity index (χ4v) is 2.27.